The van der Waals surface area contributed by atoms with Crippen LogP contribution in [0.5, 0.6) is 0 Å². The molecule has 2 aromatic heterocycles. The maximum Gasteiger partial charge on any atom is 0.134 e. The Morgan fingerprint density at radius 2 is 2.00 bits per heavy atom. The van der Waals surface area contributed by atoms with E-state index in [1.807, 2.05) is 19.1 Å². The molecule has 1 atom stereocenters. The lowest BCUT2D eigenvalue weighted by Crippen LogP contribution is -2.36. The van der Waals surface area contributed by atoms with Crippen molar-refractivity contribution in [3.05, 3.63) is 42.0 Å². The molecule has 0 bridgehead atoms. The molecule has 1 fully saturated rings. The van der Waals surface area contributed by atoms with E-state index in [1.54, 1.807) is 0 Å². The number of anilines is 2. The standard InChI is InChI=1S/C18H22N6/c1-12-20-16(19)10-17(21-12)24-9-5-6-13(11-24)18-22-14-7-3-4-8-15(14)23(18)2/h3-4,7-8,10,13H,5-6,9,11H2,1-2H3,(H2,19,20,21)/t13-/m0/s1. The summed E-state index contributed by atoms with van der Waals surface area (Å²) >= 11 is 0. The minimum atomic E-state index is 0.396. The summed E-state index contributed by atoms with van der Waals surface area (Å²) in [7, 11) is 2.11. The van der Waals surface area contributed by atoms with Gasteiger partial charge < -0.3 is 15.2 Å². The van der Waals surface area contributed by atoms with E-state index in [2.05, 4.69) is 44.7 Å². The van der Waals surface area contributed by atoms with E-state index in [0.29, 0.717) is 11.7 Å². The van der Waals surface area contributed by atoms with Gasteiger partial charge in [0.25, 0.3) is 0 Å². The van der Waals surface area contributed by atoms with E-state index in [1.165, 1.54) is 5.52 Å². The van der Waals surface area contributed by atoms with E-state index < -0.39 is 0 Å². The molecule has 2 N–H and O–H groups in total. The monoisotopic (exact) mass is 322 g/mol. The summed E-state index contributed by atoms with van der Waals surface area (Å²) in [6, 6.07) is 10.2. The highest BCUT2D eigenvalue weighted by molar-refractivity contribution is 5.75. The van der Waals surface area contributed by atoms with E-state index in [0.717, 1.165) is 48.9 Å². The topological polar surface area (TPSA) is 72.9 Å². The van der Waals surface area contributed by atoms with Crippen LogP contribution in [0.25, 0.3) is 11.0 Å². The highest BCUT2D eigenvalue weighted by Gasteiger charge is 2.26. The van der Waals surface area contributed by atoms with Crippen LogP contribution in [-0.2, 0) is 7.05 Å². The first-order valence-corrected chi connectivity index (χ1v) is 8.39. The first-order chi connectivity index (χ1) is 11.6. The lowest BCUT2D eigenvalue weighted by molar-refractivity contribution is 0.480. The normalized spacial score (nSPS) is 18.2. The maximum atomic E-state index is 5.89. The molecule has 3 aromatic rings. The molecule has 24 heavy (non-hydrogen) atoms. The molecule has 1 aromatic carbocycles. The Morgan fingerprint density at radius 3 is 2.79 bits per heavy atom. The number of benzene rings is 1. The Labute approximate surface area is 141 Å². The number of para-hydroxylation sites is 2. The van der Waals surface area contributed by atoms with Gasteiger partial charge in [-0.05, 0) is 31.9 Å². The summed E-state index contributed by atoms with van der Waals surface area (Å²) in [6.07, 6.45) is 2.27. The second-order valence-electron chi connectivity index (χ2n) is 6.50. The van der Waals surface area contributed by atoms with Crippen LogP contribution >= 0.6 is 0 Å². The van der Waals surface area contributed by atoms with E-state index in [4.69, 9.17) is 10.7 Å². The van der Waals surface area contributed by atoms with Crippen molar-refractivity contribution in [2.45, 2.75) is 25.7 Å². The van der Waals surface area contributed by atoms with Crippen LogP contribution in [0.3, 0.4) is 0 Å². The first-order valence-electron chi connectivity index (χ1n) is 8.39. The number of hydrogen-bond acceptors (Lipinski definition) is 5. The van der Waals surface area contributed by atoms with Crippen molar-refractivity contribution in [3.8, 4) is 0 Å². The van der Waals surface area contributed by atoms with Crippen molar-refractivity contribution in [3.63, 3.8) is 0 Å². The summed E-state index contributed by atoms with van der Waals surface area (Å²) in [6.45, 7) is 3.79. The first kappa shape index (κ1) is 14.9. The van der Waals surface area contributed by atoms with Crippen LogP contribution in [-0.4, -0.2) is 32.6 Å². The third-order valence-electron chi connectivity index (χ3n) is 4.78. The molecule has 0 radical (unpaired) electrons. The minimum absolute atomic E-state index is 0.396. The number of rotatable bonds is 2. The predicted molar refractivity (Wildman–Crippen MR) is 96.1 cm³/mol. The average Bonchev–Trinajstić information content (AvgIpc) is 2.92. The Kier molecular flexibility index (Phi) is 3.59. The zero-order valence-corrected chi connectivity index (χ0v) is 14.1. The van der Waals surface area contributed by atoms with Gasteiger partial charge in [0.15, 0.2) is 0 Å². The number of imidazole rings is 1. The van der Waals surface area contributed by atoms with Crippen molar-refractivity contribution in [2.24, 2.45) is 7.05 Å². The van der Waals surface area contributed by atoms with Crippen LogP contribution in [0.2, 0.25) is 0 Å². The molecule has 0 unspecified atom stereocenters. The molecule has 0 amide bonds. The SMILES string of the molecule is Cc1nc(N)cc(N2CCC[C@H](c3nc4ccccc4n3C)C2)n1. The summed E-state index contributed by atoms with van der Waals surface area (Å²) in [4.78, 5) is 15.9. The van der Waals surface area contributed by atoms with Gasteiger partial charge in [-0.2, -0.15) is 0 Å². The fourth-order valence-corrected chi connectivity index (χ4v) is 3.66. The van der Waals surface area contributed by atoms with Crippen molar-refractivity contribution >= 4 is 22.7 Å². The molecule has 0 aliphatic carbocycles. The average molecular weight is 322 g/mol. The molecule has 124 valence electrons. The molecular weight excluding hydrogens is 300 g/mol. The summed E-state index contributed by atoms with van der Waals surface area (Å²) in [5.74, 6) is 3.72. The summed E-state index contributed by atoms with van der Waals surface area (Å²) in [5, 5.41) is 0. The number of aryl methyl sites for hydroxylation is 2. The number of piperidine rings is 1. The zero-order chi connectivity index (χ0) is 16.7. The van der Waals surface area contributed by atoms with Crippen LogP contribution in [0.1, 0.15) is 30.4 Å². The highest BCUT2D eigenvalue weighted by atomic mass is 15.2. The molecule has 0 spiro atoms. The second kappa shape index (κ2) is 5.78. The largest absolute Gasteiger partial charge is 0.384 e. The lowest BCUT2D eigenvalue weighted by Gasteiger charge is -2.33. The van der Waals surface area contributed by atoms with Gasteiger partial charge in [0.1, 0.15) is 23.3 Å². The molecule has 1 saturated heterocycles. The van der Waals surface area contributed by atoms with E-state index in [-0.39, 0.29) is 0 Å². The molecule has 4 rings (SSSR count). The van der Waals surface area contributed by atoms with Crippen LogP contribution < -0.4 is 10.6 Å². The fourth-order valence-electron chi connectivity index (χ4n) is 3.66. The van der Waals surface area contributed by atoms with Gasteiger partial charge in [-0.25, -0.2) is 15.0 Å². The Morgan fingerprint density at radius 1 is 1.17 bits per heavy atom. The Bertz CT molecular complexity index is 864. The predicted octanol–water partition coefficient (Wildman–Crippen LogP) is 2.64. The van der Waals surface area contributed by atoms with Gasteiger partial charge in [-0.3, -0.25) is 0 Å². The van der Waals surface area contributed by atoms with Crippen LogP contribution in [0.4, 0.5) is 11.6 Å². The Hall–Kier alpha value is -2.63. The van der Waals surface area contributed by atoms with Gasteiger partial charge in [0.2, 0.25) is 0 Å². The van der Waals surface area contributed by atoms with Crippen LogP contribution in [0, 0.1) is 6.92 Å². The number of aromatic nitrogens is 4. The van der Waals surface area contributed by atoms with Crippen molar-refractivity contribution in [1.82, 2.24) is 19.5 Å². The van der Waals surface area contributed by atoms with E-state index in [9.17, 15) is 0 Å². The van der Waals surface area contributed by atoms with Crippen molar-refractivity contribution in [1.29, 1.82) is 0 Å². The lowest BCUT2D eigenvalue weighted by atomic mass is 9.97. The van der Waals surface area contributed by atoms with Crippen molar-refractivity contribution < 1.29 is 0 Å². The third kappa shape index (κ3) is 2.58. The highest BCUT2D eigenvalue weighted by Crippen LogP contribution is 2.30. The molecule has 3 heterocycles. The summed E-state index contributed by atoms with van der Waals surface area (Å²) in [5.41, 5.74) is 8.14. The molecule has 6 nitrogen and oxygen atoms in total. The molecule has 0 saturated carbocycles. The number of nitrogens with two attached hydrogens (primary N) is 1. The van der Waals surface area contributed by atoms with Gasteiger partial charge in [0.05, 0.1) is 11.0 Å². The second-order valence-corrected chi connectivity index (χ2v) is 6.50. The fraction of sp³-hybridized carbons (Fsp3) is 0.389. The maximum absolute atomic E-state index is 5.89. The Balaban J connectivity index is 1.65. The number of nitrogens with zero attached hydrogens (tertiary/aromatic N) is 5. The molecule has 6 heteroatoms. The molecule has 1 aliphatic rings. The van der Waals surface area contributed by atoms with Gasteiger partial charge in [0, 0.05) is 32.1 Å². The van der Waals surface area contributed by atoms with Gasteiger partial charge >= 0.3 is 0 Å². The number of fused-ring (bicyclic) bond motifs is 1. The van der Waals surface area contributed by atoms with Gasteiger partial charge in [-0.1, -0.05) is 12.1 Å². The van der Waals surface area contributed by atoms with Crippen molar-refractivity contribution in [2.75, 3.05) is 23.7 Å². The zero-order valence-electron chi connectivity index (χ0n) is 14.1. The molecular formula is C18H22N6. The molecule has 1 aliphatic heterocycles. The van der Waals surface area contributed by atoms with E-state index >= 15 is 0 Å². The minimum Gasteiger partial charge on any atom is -0.384 e. The summed E-state index contributed by atoms with van der Waals surface area (Å²) < 4.78 is 2.23. The van der Waals surface area contributed by atoms with Crippen LogP contribution in [0.15, 0.2) is 30.3 Å². The van der Waals surface area contributed by atoms with Gasteiger partial charge in [-0.15, -0.1) is 0 Å². The number of hydrogen-bond donors (Lipinski definition) is 1. The quantitative estimate of drug-likeness (QED) is 0.785. The third-order valence-corrected chi connectivity index (χ3v) is 4.78. The number of nitrogen functional groups attached to an aromatic ring is 1. The smallest absolute Gasteiger partial charge is 0.134 e.